The molecule has 5 saturated heterocycles. The van der Waals surface area contributed by atoms with Crippen molar-refractivity contribution in [2.75, 3.05) is 98.7 Å². The molecule has 8 heteroatoms. The zero-order chi connectivity index (χ0) is 48.9. The smallest absolute Gasteiger partial charge is 0.219 e. The number of β-amino-alcohol motifs (C(OH)–C–C–N with tert-alkyl or cyclic N) is 1. The molecule has 5 heterocycles. The van der Waals surface area contributed by atoms with Crippen LogP contribution in [0.3, 0.4) is 0 Å². The second kappa shape index (κ2) is 28.9. The maximum absolute atomic E-state index is 11.1. The summed E-state index contributed by atoms with van der Waals surface area (Å²) in [5.74, 6) is 4.62. The van der Waals surface area contributed by atoms with Gasteiger partial charge < -0.3 is 29.6 Å². The molecule has 378 valence electrons. The van der Waals surface area contributed by atoms with E-state index in [4.69, 9.17) is 10.4 Å². The van der Waals surface area contributed by atoms with E-state index in [1.54, 1.807) is 6.92 Å². The van der Waals surface area contributed by atoms with E-state index < -0.39 is 0 Å². The topological polar surface area (TPSA) is 77.3 Å². The highest BCUT2D eigenvalue weighted by Crippen LogP contribution is 2.37. The number of carbonyl (C=O) groups is 1. The lowest BCUT2D eigenvalue weighted by atomic mass is 9.75. The number of piperidine rings is 5. The number of amides is 1. The number of nitrogens with zero attached hydrogens (tertiary/aromatic N) is 6. The number of hydrogen-bond donors (Lipinski definition) is 1. The van der Waals surface area contributed by atoms with Crippen LogP contribution in [0.15, 0.2) is 0 Å². The number of hydrogen-bond acceptors (Lipinski definition) is 7. The lowest BCUT2D eigenvalue weighted by Crippen LogP contribution is -2.40. The van der Waals surface area contributed by atoms with Gasteiger partial charge in [-0.1, -0.05) is 111 Å². The molecule has 5 rings (SSSR count). The Morgan fingerprint density at radius 2 is 0.750 bits per heavy atom. The van der Waals surface area contributed by atoms with Gasteiger partial charge in [-0.05, 0) is 193 Å². The average molecular weight is 902 g/mol. The second-order valence-corrected chi connectivity index (χ2v) is 26.2. The molecule has 64 heavy (non-hydrogen) atoms. The van der Waals surface area contributed by atoms with Gasteiger partial charge in [0.1, 0.15) is 0 Å². The molecule has 0 unspecified atom stereocenters. The van der Waals surface area contributed by atoms with Gasteiger partial charge in [0.15, 0.2) is 0 Å². The minimum Gasteiger partial charge on any atom is -0.395 e. The van der Waals surface area contributed by atoms with Gasteiger partial charge in [-0.15, -0.1) is 0 Å². The fourth-order valence-electron chi connectivity index (χ4n) is 10.7. The summed E-state index contributed by atoms with van der Waals surface area (Å²) in [7, 11) is 2.22. The largest absolute Gasteiger partial charge is 0.395 e. The van der Waals surface area contributed by atoms with Crippen molar-refractivity contribution in [3.05, 3.63) is 0 Å². The highest BCUT2D eigenvalue weighted by atomic mass is 16.3. The van der Waals surface area contributed by atoms with Crippen molar-refractivity contribution in [2.24, 2.45) is 56.7 Å². The van der Waals surface area contributed by atoms with Gasteiger partial charge in [-0.2, -0.15) is 5.26 Å². The van der Waals surface area contributed by atoms with Crippen LogP contribution in [0, 0.1) is 68.0 Å². The zero-order valence-electron chi connectivity index (χ0n) is 46.3. The van der Waals surface area contributed by atoms with Gasteiger partial charge >= 0.3 is 0 Å². The Morgan fingerprint density at radius 3 is 1.00 bits per heavy atom. The number of rotatable bonds is 6. The number of aliphatic hydroxyl groups is 1. The highest BCUT2D eigenvalue weighted by molar-refractivity contribution is 5.73. The van der Waals surface area contributed by atoms with Gasteiger partial charge in [0.25, 0.3) is 0 Å². The Kier molecular flexibility index (Phi) is 27.5. The third-order valence-electron chi connectivity index (χ3n) is 16.0. The Labute approximate surface area is 400 Å². The minimum absolute atomic E-state index is 0.229. The first-order chi connectivity index (χ1) is 29.5. The molecular weight excluding hydrogens is 789 g/mol. The van der Waals surface area contributed by atoms with Crippen molar-refractivity contribution in [1.29, 1.82) is 5.26 Å². The first kappa shape index (κ1) is 60.8. The van der Waals surface area contributed by atoms with Gasteiger partial charge in [-0.3, -0.25) is 4.79 Å². The van der Waals surface area contributed by atoms with Gasteiger partial charge in [0, 0.05) is 39.5 Å². The van der Waals surface area contributed by atoms with Crippen molar-refractivity contribution in [3.8, 4) is 6.07 Å². The first-order valence-corrected chi connectivity index (χ1v) is 26.6. The molecule has 0 aromatic heterocycles. The molecule has 0 radical (unpaired) electrons. The summed E-state index contributed by atoms with van der Waals surface area (Å²) >= 11 is 0. The van der Waals surface area contributed by atoms with E-state index in [-0.39, 0.29) is 5.91 Å². The predicted molar refractivity (Wildman–Crippen MR) is 278 cm³/mol. The van der Waals surface area contributed by atoms with Crippen LogP contribution in [0.2, 0.25) is 0 Å². The summed E-state index contributed by atoms with van der Waals surface area (Å²) < 4.78 is 0. The van der Waals surface area contributed by atoms with Crippen molar-refractivity contribution < 1.29 is 9.90 Å². The molecule has 1 N–H and O–H groups in total. The van der Waals surface area contributed by atoms with E-state index >= 15 is 0 Å². The van der Waals surface area contributed by atoms with Gasteiger partial charge in [0.05, 0.1) is 12.7 Å². The molecular formula is C56H112N6O2. The molecule has 5 aliphatic heterocycles. The maximum atomic E-state index is 11.1. The van der Waals surface area contributed by atoms with Crippen LogP contribution >= 0.6 is 0 Å². The normalized spacial score (nSPS) is 21.8. The molecule has 0 spiro atoms. The maximum Gasteiger partial charge on any atom is 0.219 e. The van der Waals surface area contributed by atoms with Crippen molar-refractivity contribution in [2.45, 2.75) is 195 Å². The number of carbonyl (C=O) groups excluding carboxylic acids is 1. The third kappa shape index (κ3) is 25.2. The molecule has 8 nitrogen and oxygen atoms in total. The first-order valence-electron chi connectivity index (χ1n) is 26.6. The van der Waals surface area contributed by atoms with Crippen LogP contribution in [0.1, 0.15) is 195 Å². The summed E-state index contributed by atoms with van der Waals surface area (Å²) in [6.07, 6.45) is 15.1. The third-order valence-corrected chi connectivity index (χ3v) is 16.0. The standard InChI is InChI=1S/C12H22N2.C12H25N.C11H21NO.C11H23NO.C10H21N/c1-12(2,3)11-5-9-14(10-6-11)8-4-7-13;1-5-8-13-9-6-11(7-10-13)12(2,3)4;1-9(13)12-7-5-10(6-8-12)11(2,3)4;1-11(2,3)10-4-6-12(7-5-10)8-9-13;1-10(2,3)9-5-7-11(4)8-6-9/h11H,4-6,8-10H2,1-3H3;11H,5-10H2,1-4H3;10H,5-8H2,1-4H3;10,13H,4-9H2,1-3H3;9H,5-8H2,1-4H3. The second-order valence-electron chi connectivity index (χ2n) is 26.2. The molecule has 5 aliphatic rings. The van der Waals surface area contributed by atoms with Crippen molar-refractivity contribution in [1.82, 2.24) is 24.5 Å². The van der Waals surface area contributed by atoms with Crippen LogP contribution in [-0.2, 0) is 4.79 Å². The molecule has 1 amide bonds. The number of likely N-dealkylation sites (tertiary alicyclic amines) is 5. The Morgan fingerprint density at radius 1 is 0.484 bits per heavy atom. The summed E-state index contributed by atoms with van der Waals surface area (Å²) in [6.45, 7) is 54.4. The molecule has 0 aliphatic carbocycles. The van der Waals surface area contributed by atoms with E-state index in [0.717, 1.165) is 55.8 Å². The molecule has 5 fully saturated rings. The van der Waals surface area contributed by atoms with Gasteiger partial charge in [-0.25, -0.2) is 0 Å². The van der Waals surface area contributed by atoms with Crippen LogP contribution in [0.25, 0.3) is 0 Å². The van der Waals surface area contributed by atoms with Crippen LogP contribution in [0.5, 0.6) is 0 Å². The molecule has 0 aromatic rings. The summed E-state index contributed by atoms with van der Waals surface area (Å²) in [5.41, 5.74) is 2.38. The number of aliphatic hydroxyl groups excluding tert-OH is 1. The fourth-order valence-corrected chi connectivity index (χ4v) is 10.7. The van der Waals surface area contributed by atoms with Crippen molar-refractivity contribution >= 4 is 5.91 Å². The Balaban J connectivity index is 0.000000401. The molecule has 0 saturated carbocycles. The Bertz CT molecular complexity index is 1200. The zero-order valence-corrected chi connectivity index (χ0v) is 46.3. The SMILES string of the molecule is CC(=O)N1CCC(C(C)(C)C)CC1.CC(C)(C)C1CCN(CCC#N)CC1.CC(C)(C)C1CCN(CCO)CC1.CCCN1CCC(C(C)(C)C)CC1.CN1CCC(C(C)(C)C)CC1. The number of nitriles is 1. The van der Waals surface area contributed by atoms with E-state index in [1.807, 2.05) is 4.90 Å². The average Bonchev–Trinajstić information content (AvgIpc) is 3.20. The van der Waals surface area contributed by atoms with E-state index in [0.29, 0.717) is 40.1 Å². The minimum atomic E-state index is 0.229. The molecule has 0 aromatic carbocycles. The highest BCUT2D eigenvalue weighted by Gasteiger charge is 2.32. The monoisotopic (exact) mass is 901 g/mol. The summed E-state index contributed by atoms with van der Waals surface area (Å²) in [5, 5.41) is 17.3. The van der Waals surface area contributed by atoms with E-state index in [1.165, 1.54) is 130 Å². The lowest BCUT2D eigenvalue weighted by Gasteiger charge is -2.38. The van der Waals surface area contributed by atoms with Crippen LogP contribution in [0.4, 0.5) is 0 Å². The summed E-state index contributed by atoms with van der Waals surface area (Å²) in [6, 6.07) is 2.21. The predicted octanol–water partition coefficient (Wildman–Crippen LogP) is 12.2. The van der Waals surface area contributed by atoms with Crippen LogP contribution < -0.4 is 0 Å². The van der Waals surface area contributed by atoms with Crippen molar-refractivity contribution in [3.63, 3.8) is 0 Å². The summed E-state index contributed by atoms with van der Waals surface area (Å²) in [4.78, 5) is 22.9. The quantitative estimate of drug-likeness (QED) is 0.284. The van der Waals surface area contributed by atoms with Gasteiger partial charge in [0.2, 0.25) is 5.91 Å². The van der Waals surface area contributed by atoms with E-state index in [9.17, 15) is 4.79 Å². The molecule has 0 bridgehead atoms. The fraction of sp³-hybridized carbons (Fsp3) is 0.964. The Hall–Kier alpha value is -1.24. The lowest BCUT2D eigenvalue weighted by molar-refractivity contribution is -0.130. The molecule has 0 atom stereocenters. The van der Waals surface area contributed by atoms with Crippen LogP contribution in [-0.4, -0.2) is 134 Å². The van der Waals surface area contributed by atoms with E-state index in [2.05, 4.69) is 143 Å².